The number of benzene rings is 2. The van der Waals surface area contributed by atoms with Crippen LogP contribution in [0, 0.1) is 13.8 Å². The molecule has 32 heavy (non-hydrogen) atoms. The van der Waals surface area contributed by atoms with Crippen molar-refractivity contribution in [3.63, 3.8) is 0 Å². The summed E-state index contributed by atoms with van der Waals surface area (Å²) in [6.45, 7) is 7.28. The first-order valence-corrected chi connectivity index (χ1v) is 13.1. The molecule has 0 fully saturated rings. The van der Waals surface area contributed by atoms with E-state index in [0.717, 1.165) is 30.6 Å². The van der Waals surface area contributed by atoms with Crippen LogP contribution in [-0.4, -0.2) is 40.3 Å². The summed E-state index contributed by atoms with van der Waals surface area (Å²) in [5.41, 5.74) is 4.21. The molecule has 2 aromatic rings. The maximum Gasteiger partial charge on any atom is 0.232 e. The van der Waals surface area contributed by atoms with Gasteiger partial charge < -0.3 is 10.1 Å². The summed E-state index contributed by atoms with van der Waals surface area (Å²) in [7, 11) is -3.42. The monoisotopic (exact) mass is 460 g/mol. The Balaban J connectivity index is 1.77. The molecule has 0 bridgehead atoms. The zero-order valence-corrected chi connectivity index (χ0v) is 20.5. The normalized spacial score (nSPS) is 11.2. The highest BCUT2D eigenvalue weighted by molar-refractivity contribution is 7.92. The summed E-state index contributed by atoms with van der Waals surface area (Å²) in [5, 5.41) is 2.83. The SMILES string of the molecule is CCCCc1ccc(N(CCCC(=O)NCCOc2ccc(C)c(C)c2)S(C)(=O)=O)cc1. The Labute approximate surface area is 193 Å². The zero-order chi connectivity index (χ0) is 23.6. The minimum absolute atomic E-state index is 0.114. The first-order valence-electron chi connectivity index (χ1n) is 11.2. The molecule has 0 saturated heterocycles. The predicted molar refractivity (Wildman–Crippen MR) is 131 cm³/mol. The lowest BCUT2D eigenvalue weighted by Gasteiger charge is -2.22. The number of rotatable bonds is 13. The van der Waals surface area contributed by atoms with Crippen molar-refractivity contribution in [3.8, 4) is 5.75 Å². The molecule has 7 heteroatoms. The van der Waals surface area contributed by atoms with E-state index in [1.54, 1.807) is 0 Å². The van der Waals surface area contributed by atoms with Crippen LogP contribution < -0.4 is 14.4 Å². The average Bonchev–Trinajstić information content (AvgIpc) is 2.75. The Morgan fingerprint density at radius 3 is 2.38 bits per heavy atom. The number of carbonyl (C=O) groups excluding carboxylic acids is 1. The van der Waals surface area contributed by atoms with Gasteiger partial charge in [0.15, 0.2) is 0 Å². The molecule has 2 aromatic carbocycles. The van der Waals surface area contributed by atoms with Crippen molar-refractivity contribution in [3.05, 3.63) is 59.2 Å². The van der Waals surface area contributed by atoms with E-state index in [0.29, 0.717) is 25.3 Å². The van der Waals surface area contributed by atoms with Crippen molar-refractivity contribution in [2.75, 3.05) is 30.3 Å². The summed E-state index contributed by atoms with van der Waals surface area (Å²) >= 11 is 0. The summed E-state index contributed by atoms with van der Waals surface area (Å²) < 4.78 is 31.6. The van der Waals surface area contributed by atoms with E-state index in [1.807, 2.05) is 56.3 Å². The van der Waals surface area contributed by atoms with Gasteiger partial charge in [-0.2, -0.15) is 0 Å². The quantitative estimate of drug-likeness (QED) is 0.450. The number of amides is 1. The number of hydrogen-bond acceptors (Lipinski definition) is 4. The molecule has 2 rings (SSSR count). The van der Waals surface area contributed by atoms with Gasteiger partial charge >= 0.3 is 0 Å². The molecule has 0 spiro atoms. The lowest BCUT2D eigenvalue weighted by molar-refractivity contribution is -0.121. The topological polar surface area (TPSA) is 75.7 Å². The number of anilines is 1. The fourth-order valence-corrected chi connectivity index (χ4v) is 4.30. The molecular weight excluding hydrogens is 424 g/mol. The third-order valence-corrected chi connectivity index (χ3v) is 6.57. The van der Waals surface area contributed by atoms with Crippen LogP contribution in [0.15, 0.2) is 42.5 Å². The van der Waals surface area contributed by atoms with Crippen molar-refractivity contribution < 1.29 is 17.9 Å². The number of nitrogens with zero attached hydrogens (tertiary/aromatic N) is 1. The molecule has 176 valence electrons. The summed E-state index contributed by atoms with van der Waals surface area (Å²) in [6.07, 6.45) is 5.11. The van der Waals surface area contributed by atoms with E-state index < -0.39 is 10.0 Å². The molecule has 6 nitrogen and oxygen atoms in total. The first kappa shape index (κ1) is 25.7. The third-order valence-electron chi connectivity index (χ3n) is 5.38. The Kier molecular flexibility index (Phi) is 10.0. The highest BCUT2D eigenvalue weighted by Crippen LogP contribution is 2.20. The van der Waals surface area contributed by atoms with Crippen molar-refractivity contribution >= 4 is 21.6 Å². The largest absolute Gasteiger partial charge is 0.492 e. The minimum atomic E-state index is -3.42. The van der Waals surface area contributed by atoms with Gasteiger partial charge in [0.1, 0.15) is 12.4 Å². The summed E-state index contributed by atoms with van der Waals surface area (Å²) in [4.78, 5) is 12.1. The fraction of sp³-hybridized carbons (Fsp3) is 0.480. The van der Waals surface area contributed by atoms with Crippen molar-refractivity contribution in [2.24, 2.45) is 0 Å². The molecule has 0 radical (unpaired) electrons. The van der Waals surface area contributed by atoms with Crippen molar-refractivity contribution in [1.82, 2.24) is 5.32 Å². The second-order valence-electron chi connectivity index (χ2n) is 8.15. The number of ether oxygens (including phenoxy) is 1. The highest BCUT2D eigenvalue weighted by Gasteiger charge is 2.17. The summed E-state index contributed by atoms with van der Waals surface area (Å²) in [6, 6.07) is 13.5. The van der Waals surface area contributed by atoms with E-state index in [9.17, 15) is 13.2 Å². The van der Waals surface area contributed by atoms with Crippen LogP contribution in [-0.2, 0) is 21.2 Å². The second-order valence-corrected chi connectivity index (χ2v) is 10.1. The van der Waals surface area contributed by atoms with E-state index >= 15 is 0 Å². The van der Waals surface area contributed by atoms with E-state index in [2.05, 4.69) is 12.2 Å². The molecule has 1 amide bonds. The number of unbranched alkanes of at least 4 members (excludes halogenated alkanes) is 1. The van der Waals surface area contributed by atoms with Crippen LogP contribution in [0.3, 0.4) is 0 Å². The Morgan fingerprint density at radius 2 is 1.75 bits per heavy atom. The van der Waals surface area contributed by atoms with Crippen LogP contribution in [0.25, 0.3) is 0 Å². The molecule has 0 aliphatic rings. The zero-order valence-electron chi connectivity index (χ0n) is 19.7. The number of carbonyl (C=O) groups is 1. The second kappa shape index (κ2) is 12.5. The van der Waals surface area contributed by atoms with Gasteiger partial charge in [0, 0.05) is 13.0 Å². The highest BCUT2D eigenvalue weighted by atomic mass is 32.2. The van der Waals surface area contributed by atoms with Crippen LogP contribution >= 0.6 is 0 Å². The maximum atomic E-state index is 12.3. The number of sulfonamides is 1. The first-order chi connectivity index (χ1) is 15.2. The lowest BCUT2D eigenvalue weighted by Crippen LogP contribution is -2.32. The van der Waals surface area contributed by atoms with E-state index in [-0.39, 0.29) is 18.9 Å². The lowest BCUT2D eigenvalue weighted by atomic mass is 10.1. The average molecular weight is 461 g/mol. The smallest absolute Gasteiger partial charge is 0.232 e. The number of nitrogens with one attached hydrogen (secondary N) is 1. The van der Waals surface area contributed by atoms with Gasteiger partial charge in [0.2, 0.25) is 15.9 Å². The minimum Gasteiger partial charge on any atom is -0.492 e. The Morgan fingerprint density at radius 1 is 1.03 bits per heavy atom. The van der Waals surface area contributed by atoms with Gasteiger partial charge in [-0.05, 0) is 74.1 Å². The van der Waals surface area contributed by atoms with Crippen LogP contribution in [0.2, 0.25) is 0 Å². The van der Waals surface area contributed by atoms with Gasteiger partial charge in [0.25, 0.3) is 0 Å². The van der Waals surface area contributed by atoms with E-state index in [4.69, 9.17) is 4.74 Å². The molecule has 0 unspecified atom stereocenters. The molecule has 0 heterocycles. The van der Waals surface area contributed by atoms with Gasteiger partial charge in [-0.3, -0.25) is 9.10 Å². The van der Waals surface area contributed by atoms with Crippen molar-refractivity contribution in [1.29, 1.82) is 0 Å². The Bertz CT molecular complexity index is 972. The summed E-state index contributed by atoms with van der Waals surface area (Å²) in [5.74, 6) is 0.670. The molecule has 1 N–H and O–H groups in total. The molecule has 0 aliphatic carbocycles. The molecule has 0 aromatic heterocycles. The molecular formula is C25H36N2O4S. The van der Waals surface area contributed by atoms with Gasteiger partial charge in [-0.1, -0.05) is 31.5 Å². The maximum absolute atomic E-state index is 12.3. The van der Waals surface area contributed by atoms with Gasteiger partial charge in [0.05, 0.1) is 18.5 Å². The van der Waals surface area contributed by atoms with Crippen LogP contribution in [0.4, 0.5) is 5.69 Å². The fourth-order valence-electron chi connectivity index (χ4n) is 3.33. The predicted octanol–water partition coefficient (Wildman–Crippen LogP) is 4.39. The third kappa shape index (κ3) is 8.54. The molecule has 0 saturated carbocycles. The van der Waals surface area contributed by atoms with E-state index in [1.165, 1.54) is 21.7 Å². The van der Waals surface area contributed by atoms with Crippen LogP contribution in [0.1, 0.15) is 49.3 Å². The van der Waals surface area contributed by atoms with Crippen molar-refractivity contribution in [2.45, 2.75) is 52.9 Å². The Hall–Kier alpha value is -2.54. The van der Waals surface area contributed by atoms with Crippen LogP contribution in [0.5, 0.6) is 5.75 Å². The molecule has 0 atom stereocenters. The standard InChI is InChI=1S/C25H36N2O4S/c1-5-6-8-22-11-13-23(14-12-22)27(32(4,29)30)17-7-9-25(28)26-16-18-31-24-15-10-20(2)21(3)19-24/h10-15,19H,5-9,16-18H2,1-4H3,(H,26,28). The number of aryl methyl sites for hydroxylation is 3. The van der Waals surface area contributed by atoms with Gasteiger partial charge in [-0.25, -0.2) is 8.42 Å². The van der Waals surface area contributed by atoms with Gasteiger partial charge in [-0.15, -0.1) is 0 Å². The molecule has 0 aliphatic heterocycles. The number of hydrogen-bond donors (Lipinski definition) is 1.